The molecule has 0 radical (unpaired) electrons. The van der Waals surface area contributed by atoms with Crippen molar-refractivity contribution in [2.45, 2.75) is 173 Å². The molecule has 0 aromatic carbocycles. The Kier molecular flexibility index (Phi) is 30.5. The maximum atomic E-state index is 12.5. The molecule has 99 heavy (non-hydrogen) atoms. The summed E-state index contributed by atoms with van der Waals surface area (Å²) in [6.07, 6.45) is -9.66. The first-order valence-corrected chi connectivity index (χ1v) is 30.9. The van der Waals surface area contributed by atoms with E-state index in [1.807, 2.05) is 11.0 Å². The molecule has 40 heteroatoms. The van der Waals surface area contributed by atoms with Crippen molar-refractivity contribution in [3.8, 4) is 0 Å². The molecule has 4 saturated heterocycles. The average molecular weight is 1410 g/mol. The number of hydroxylamine groups is 2. The highest BCUT2D eigenvalue weighted by Gasteiger charge is 2.53. The largest absolute Gasteiger partial charge is 0.463 e. The van der Waals surface area contributed by atoms with E-state index in [1.54, 1.807) is 80.2 Å². The zero-order chi connectivity index (χ0) is 74.0. The van der Waals surface area contributed by atoms with Crippen LogP contribution in [0.1, 0.15) is 81.7 Å². The second-order valence-electron chi connectivity index (χ2n) is 24.2. The highest BCUT2D eigenvalue weighted by Crippen LogP contribution is 2.36. The van der Waals surface area contributed by atoms with Gasteiger partial charge in [-0.1, -0.05) is 82.4 Å². The molecule has 4 fully saturated rings. The predicted molar refractivity (Wildman–Crippen MR) is 336 cm³/mol. The second kappa shape index (κ2) is 37.1. The van der Waals surface area contributed by atoms with Crippen LogP contribution in [0, 0.1) is 29.6 Å². The van der Waals surface area contributed by atoms with Gasteiger partial charge in [0.05, 0.1) is 30.3 Å². The molecule has 0 spiro atoms. The first-order chi connectivity index (χ1) is 46.6. The molecule has 0 unspecified atom stereocenters. The van der Waals surface area contributed by atoms with Crippen LogP contribution in [0.2, 0.25) is 0 Å². The lowest BCUT2D eigenvalue weighted by atomic mass is 10.1. The molecule has 2 aromatic heterocycles. The Bertz CT molecular complexity index is 3350. The van der Waals surface area contributed by atoms with E-state index >= 15 is 0 Å². The fourth-order valence-electron chi connectivity index (χ4n) is 9.24. The van der Waals surface area contributed by atoms with Crippen LogP contribution in [0.4, 0.5) is 11.6 Å². The Labute approximate surface area is 565 Å². The van der Waals surface area contributed by atoms with Crippen LogP contribution >= 0.6 is 0 Å². The number of rotatable bonds is 21. The van der Waals surface area contributed by atoms with Gasteiger partial charge in [-0.15, -0.1) is 0 Å². The van der Waals surface area contributed by atoms with Gasteiger partial charge < -0.3 is 93.9 Å². The minimum absolute atomic E-state index is 0.0811. The van der Waals surface area contributed by atoms with Crippen molar-refractivity contribution in [3.05, 3.63) is 94.8 Å². The molecular formula is C59H89N13O27. The third-order valence-corrected chi connectivity index (χ3v) is 15.1. The number of aliphatic hydroxyl groups is 7. The molecule has 0 aliphatic carbocycles. The number of hydrogen-bond donors (Lipinski definition) is 16. The van der Waals surface area contributed by atoms with Crippen molar-refractivity contribution >= 4 is 53.2 Å². The minimum Gasteiger partial charge on any atom is -0.463 e. The summed E-state index contributed by atoms with van der Waals surface area (Å²) in [5.41, 5.74) is 11.3. The van der Waals surface area contributed by atoms with Crippen LogP contribution in [-0.2, 0) is 66.6 Å². The number of carbonyl (C=O) groups is 5. The van der Waals surface area contributed by atoms with E-state index in [1.165, 1.54) is 58.9 Å². The van der Waals surface area contributed by atoms with E-state index in [0.29, 0.717) is 0 Å². The lowest BCUT2D eigenvalue weighted by Gasteiger charge is -2.30. The maximum Gasteiger partial charge on any atom is 0.351 e. The van der Waals surface area contributed by atoms with Crippen LogP contribution < -0.4 is 39.0 Å². The van der Waals surface area contributed by atoms with Crippen LogP contribution in [0.15, 0.2) is 93.5 Å². The van der Waals surface area contributed by atoms with Crippen LogP contribution in [-0.4, -0.2) is 245 Å². The Morgan fingerprint density at radius 2 is 0.859 bits per heavy atom. The van der Waals surface area contributed by atoms with Crippen molar-refractivity contribution < 1.29 is 123 Å². The van der Waals surface area contributed by atoms with Gasteiger partial charge in [0.1, 0.15) is 98.5 Å². The Hall–Kier alpha value is -8.43. The van der Waals surface area contributed by atoms with Gasteiger partial charge in [-0.2, -0.15) is 9.97 Å². The standard InChI is InChI=1S/C21H31N3O9.C14H22N4O7.C14H21N3O6.C10H15N3O5/c1-10(2)18(25)30-9-13-15(32-19(26)11(3)4)16(33-20(27)12(5)6)17(31-13)24-8-7-14(23-29)22-21(24)28;1-6(2)9(15)13(21)24-5-7-10(19)11(20)12(25-7)18-4-3-8(17-23)16-14(18)22;1-7(2)14(20)22-6-9-11(18)12(19)13(23-9)17-5-4-10(16-21)15-8(17)3;1-5-11-7(12-17)2-3-13(5)10-9(16)8(15)6(4-14)18-10/h7-8,10-13,15-17,29H,9H2,1-6H3,(H,22,23,28);3-4,6-7,9-12,19-20,23H,5,15H2,1-2H3,(H,16,17,22);4-5,7,9,11-13,18-19,21H,3,6H2,1-2H3,(H,15,16);2-3,6,8-10,14-17H,1,4H2,(H,11,12)/t13-,15-,16-,17-;7-,9+,10-,11-,12-;9-,11-,12-,13-;6-,8-,9-,10-/m1111/s1. The molecular weight excluding hydrogens is 1320 g/mol. The predicted octanol–water partition coefficient (Wildman–Crippen LogP) is -3.12. The van der Waals surface area contributed by atoms with Crippen molar-refractivity contribution in [3.63, 3.8) is 0 Å². The fraction of sp³-hybridized carbons (Fsp3) is 0.610. The SMILES string of the molecule is C=C1N=C(NO)C=CN1[C@@H]1O[C@H](CO)[C@@H](O)[C@H]1O.C=C1N=C(NO)C=CN1[C@@H]1O[C@H](COC(=O)C(C)C)[C@@H](O)[C@H]1O.CC(C)C(=O)OC[C@H]1O[C@@H](n2ccc(NO)nc2=O)[C@H](OC(=O)C(C)C)[C@@H]1OC(=O)C(C)C.CC(C)[C@H](N)C(=O)OC[C@H]1O[C@@H](n2ccc(NO)nc2=O)[C@H](O)[C@@H]1O. The van der Waals surface area contributed by atoms with Crippen LogP contribution in [0.5, 0.6) is 0 Å². The van der Waals surface area contributed by atoms with E-state index < -0.39 is 170 Å². The normalized spacial score (nSPS) is 28.0. The lowest BCUT2D eigenvalue weighted by molar-refractivity contribution is -0.173. The molecule has 17 atom stereocenters. The molecule has 0 amide bonds. The Balaban J connectivity index is 0.000000243. The third kappa shape index (κ3) is 21.1. The number of nitrogens with two attached hydrogens (primary N) is 1. The van der Waals surface area contributed by atoms with E-state index in [9.17, 15) is 64.2 Å². The molecule has 0 saturated carbocycles. The second-order valence-corrected chi connectivity index (χ2v) is 24.2. The molecule has 0 bridgehead atoms. The molecule has 2 aromatic rings. The first-order valence-electron chi connectivity index (χ1n) is 30.9. The van der Waals surface area contributed by atoms with Gasteiger partial charge in [0.2, 0.25) is 0 Å². The number of nitrogens with zero attached hydrogens (tertiary/aromatic N) is 8. The zero-order valence-corrected chi connectivity index (χ0v) is 55.7. The summed E-state index contributed by atoms with van der Waals surface area (Å²) in [5.74, 6) is -3.95. The quantitative estimate of drug-likeness (QED) is 0.0334. The Morgan fingerprint density at radius 1 is 0.505 bits per heavy atom. The molecule has 8 heterocycles. The summed E-state index contributed by atoms with van der Waals surface area (Å²) in [7, 11) is 0. The van der Waals surface area contributed by atoms with Gasteiger partial charge in [0.25, 0.3) is 0 Å². The third-order valence-electron chi connectivity index (χ3n) is 15.1. The van der Waals surface area contributed by atoms with E-state index in [4.69, 9.17) is 74.3 Å². The summed E-state index contributed by atoms with van der Waals surface area (Å²) >= 11 is 0. The van der Waals surface area contributed by atoms with Crippen molar-refractivity contribution in [1.82, 2.24) is 39.9 Å². The monoisotopic (exact) mass is 1410 g/mol. The van der Waals surface area contributed by atoms with Crippen molar-refractivity contribution in [2.75, 3.05) is 37.4 Å². The number of nitrogens with one attached hydrogen (secondary N) is 4. The molecule has 6 aliphatic rings. The van der Waals surface area contributed by atoms with Crippen molar-refractivity contribution in [2.24, 2.45) is 45.3 Å². The lowest BCUT2D eigenvalue weighted by Crippen LogP contribution is -2.43. The molecule has 6 aliphatic heterocycles. The van der Waals surface area contributed by atoms with Crippen molar-refractivity contribution in [1.29, 1.82) is 0 Å². The number of ether oxygens (including phenoxy) is 9. The first kappa shape index (κ1) is 81.2. The highest BCUT2D eigenvalue weighted by atomic mass is 16.7. The Morgan fingerprint density at radius 3 is 1.22 bits per heavy atom. The molecule has 8 rings (SSSR count). The van der Waals surface area contributed by atoms with E-state index in [2.05, 4.69) is 33.1 Å². The summed E-state index contributed by atoms with van der Waals surface area (Å²) in [4.78, 5) is 102. The molecule has 40 nitrogen and oxygen atoms in total. The number of hydrogen-bond acceptors (Lipinski definition) is 38. The van der Waals surface area contributed by atoms with E-state index in [0.717, 1.165) is 9.13 Å². The number of anilines is 2. The number of aliphatic imine (C=N–C) groups is 2. The van der Waals surface area contributed by atoms with Gasteiger partial charge in [-0.3, -0.25) is 75.9 Å². The summed E-state index contributed by atoms with van der Waals surface area (Å²) < 4.78 is 50.8. The van der Waals surface area contributed by atoms with Gasteiger partial charge >= 0.3 is 41.2 Å². The number of esters is 5. The maximum absolute atomic E-state index is 12.5. The van der Waals surface area contributed by atoms with Gasteiger partial charge in [-0.05, 0) is 30.2 Å². The van der Waals surface area contributed by atoms with Gasteiger partial charge in [-0.25, -0.2) is 19.6 Å². The molecule has 17 N–H and O–H groups in total. The number of amidine groups is 2. The average Bonchev–Trinajstić information content (AvgIpc) is 1.63. The van der Waals surface area contributed by atoms with Gasteiger partial charge in [0.15, 0.2) is 60.4 Å². The van der Waals surface area contributed by atoms with E-state index in [-0.39, 0.29) is 66.6 Å². The zero-order valence-electron chi connectivity index (χ0n) is 55.7. The molecule has 552 valence electrons. The minimum atomic E-state index is -1.44. The number of aliphatic hydroxyl groups excluding tert-OH is 7. The summed E-state index contributed by atoms with van der Waals surface area (Å²) in [6, 6.07) is 1.76. The summed E-state index contributed by atoms with van der Waals surface area (Å²) in [5, 5.41) is 104. The van der Waals surface area contributed by atoms with Gasteiger partial charge in [0, 0.05) is 24.8 Å². The smallest absolute Gasteiger partial charge is 0.351 e. The summed E-state index contributed by atoms with van der Waals surface area (Å²) in [6.45, 7) is 22.9. The highest BCUT2D eigenvalue weighted by molar-refractivity contribution is 5.93. The van der Waals surface area contributed by atoms with Crippen LogP contribution in [0.25, 0.3) is 0 Å². The fourth-order valence-corrected chi connectivity index (χ4v) is 9.24. The number of aromatic nitrogens is 4. The van der Waals surface area contributed by atoms with Crippen LogP contribution in [0.3, 0.4) is 0 Å². The topological polar surface area (TPSA) is 566 Å². The number of carbonyl (C=O) groups excluding carboxylic acids is 5.